The molecule has 1 aromatic rings. The Bertz CT molecular complexity index is 328. The molecule has 0 aliphatic rings. The van der Waals surface area contributed by atoms with E-state index in [1.54, 1.807) is 0 Å². The lowest BCUT2D eigenvalue weighted by atomic mass is 10.0. The average Bonchev–Trinajstić information content (AvgIpc) is 2.32. The van der Waals surface area contributed by atoms with Crippen LogP contribution in [0.5, 0.6) is 5.75 Å². The Balaban J connectivity index is 2.79. The largest absolute Gasteiger partial charge is 0.494 e. The maximum Gasteiger partial charge on any atom is 0.124 e. The van der Waals surface area contributed by atoms with Crippen LogP contribution in [-0.4, -0.2) is 32.1 Å². The molecule has 1 aromatic carbocycles. The first-order valence-electron chi connectivity index (χ1n) is 6.01. The van der Waals surface area contributed by atoms with Gasteiger partial charge >= 0.3 is 0 Å². The first-order valence-corrected chi connectivity index (χ1v) is 6.01. The number of para-hydroxylation sites is 1. The predicted octanol–water partition coefficient (Wildman–Crippen LogP) is 1.54. The predicted molar refractivity (Wildman–Crippen MR) is 70.8 cm³/mol. The second kappa shape index (κ2) is 7.27. The fourth-order valence-corrected chi connectivity index (χ4v) is 1.77. The Morgan fingerprint density at radius 3 is 2.65 bits per heavy atom. The number of hydrazine groups is 1. The molecule has 4 heteroatoms. The summed E-state index contributed by atoms with van der Waals surface area (Å²) in [5.74, 6) is 6.55. The Morgan fingerprint density at radius 1 is 1.35 bits per heavy atom. The van der Waals surface area contributed by atoms with Crippen molar-refractivity contribution in [3.8, 4) is 5.75 Å². The number of hydrogen-bond donors (Lipinski definition) is 2. The van der Waals surface area contributed by atoms with E-state index in [2.05, 4.69) is 30.5 Å². The van der Waals surface area contributed by atoms with E-state index in [1.165, 1.54) is 0 Å². The Morgan fingerprint density at radius 2 is 2.06 bits per heavy atom. The highest BCUT2D eigenvalue weighted by molar-refractivity contribution is 5.35. The third-order valence-corrected chi connectivity index (χ3v) is 2.66. The molecule has 3 N–H and O–H groups in total. The van der Waals surface area contributed by atoms with Gasteiger partial charge in [-0.1, -0.05) is 18.2 Å². The molecule has 0 aromatic heterocycles. The van der Waals surface area contributed by atoms with Crippen molar-refractivity contribution >= 4 is 0 Å². The molecule has 0 aliphatic heterocycles. The number of ether oxygens (including phenoxy) is 1. The molecule has 0 aliphatic carbocycles. The summed E-state index contributed by atoms with van der Waals surface area (Å²) in [6.45, 7) is 3.64. The van der Waals surface area contributed by atoms with Gasteiger partial charge < -0.3 is 9.64 Å². The Labute approximate surface area is 104 Å². The number of rotatable bonds is 7. The third kappa shape index (κ3) is 4.34. The number of hydrogen-bond acceptors (Lipinski definition) is 4. The topological polar surface area (TPSA) is 50.5 Å². The van der Waals surface area contributed by atoms with Gasteiger partial charge in [0, 0.05) is 5.56 Å². The van der Waals surface area contributed by atoms with E-state index in [1.807, 2.05) is 25.1 Å². The van der Waals surface area contributed by atoms with E-state index < -0.39 is 0 Å². The van der Waals surface area contributed by atoms with Gasteiger partial charge in [-0.05, 0) is 40.1 Å². The zero-order valence-corrected chi connectivity index (χ0v) is 10.9. The van der Waals surface area contributed by atoms with Crippen LogP contribution in [0.1, 0.15) is 24.9 Å². The lowest BCUT2D eigenvalue weighted by Gasteiger charge is -2.21. The molecule has 0 radical (unpaired) electrons. The summed E-state index contributed by atoms with van der Waals surface area (Å²) >= 11 is 0. The van der Waals surface area contributed by atoms with Gasteiger partial charge in [0.05, 0.1) is 12.6 Å². The van der Waals surface area contributed by atoms with E-state index in [4.69, 9.17) is 10.6 Å². The first-order chi connectivity index (χ1) is 8.19. The maximum atomic E-state index is 5.63. The minimum Gasteiger partial charge on any atom is -0.494 e. The van der Waals surface area contributed by atoms with Crippen LogP contribution in [0.15, 0.2) is 24.3 Å². The normalized spacial score (nSPS) is 12.8. The second-order valence-corrected chi connectivity index (χ2v) is 4.28. The molecule has 0 saturated heterocycles. The van der Waals surface area contributed by atoms with Crippen LogP contribution in [0.25, 0.3) is 0 Å². The number of nitrogens with zero attached hydrogens (tertiary/aromatic N) is 1. The molecule has 17 heavy (non-hydrogen) atoms. The molecule has 0 spiro atoms. The fourth-order valence-electron chi connectivity index (χ4n) is 1.77. The summed E-state index contributed by atoms with van der Waals surface area (Å²) in [5.41, 5.74) is 3.99. The molecule has 1 unspecified atom stereocenters. The monoisotopic (exact) mass is 237 g/mol. The molecule has 1 atom stereocenters. The highest BCUT2D eigenvalue weighted by Gasteiger charge is 2.14. The van der Waals surface area contributed by atoms with Crippen molar-refractivity contribution in [3.63, 3.8) is 0 Å². The lowest BCUT2D eigenvalue weighted by molar-refractivity contribution is 0.322. The van der Waals surface area contributed by atoms with Crippen molar-refractivity contribution < 1.29 is 4.74 Å². The number of nitrogens with one attached hydrogen (secondary N) is 1. The van der Waals surface area contributed by atoms with Crippen LogP contribution < -0.4 is 16.0 Å². The van der Waals surface area contributed by atoms with Gasteiger partial charge in [-0.3, -0.25) is 11.3 Å². The van der Waals surface area contributed by atoms with Crippen LogP contribution in [0.3, 0.4) is 0 Å². The summed E-state index contributed by atoms with van der Waals surface area (Å²) in [6, 6.07) is 8.16. The van der Waals surface area contributed by atoms with Gasteiger partial charge in [-0.15, -0.1) is 0 Å². The van der Waals surface area contributed by atoms with Gasteiger partial charge in [-0.2, -0.15) is 0 Å². The number of benzene rings is 1. The maximum absolute atomic E-state index is 5.63. The lowest BCUT2D eigenvalue weighted by Crippen LogP contribution is -2.31. The van der Waals surface area contributed by atoms with E-state index in [0.717, 1.165) is 24.3 Å². The Hall–Kier alpha value is -1.10. The summed E-state index contributed by atoms with van der Waals surface area (Å²) in [6.07, 6.45) is 0.952. The van der Waals surface area contributed by atoms with Gasteiger partial charge in [-0.25, -0.2) is 0 Å². The van der Waals surface area contributed by atoms with Crippen molar-refractivity contribution in [1.82, 2.24) is 10.3 Å². The van der Waals surface area contributed by atoms with E-state index in [9.17, 15) is 0 Å². The highest BCUT2D eigenvalue weighted by Crippen LogP contribution is 2.26. The third-order valence-electron chi connectivity index (χ3n) is 2.66. The van der Waals surface area contributed by atoms with Crippen LogP contribution in [0.4, 0.5) is 0 Å². The highest BCUT2D eigenvalue weighted by atomic mass is 16.5. The van der Waals surface area contributed by atoms with Gasteiger partial charge in [0.1, 0.15) is 5.75 Å². The Kier molecular flexibility index (Phi) is 5.97. The van der Waals surface area contributed by atoms with Crippen molar-refractivity contribution in [2.75, 3.05) is 27.2 Å². The average molecular weight is 237 g/mol. The molecule has 0 heterocycles. The van der Waals surface area contributed by atoms with Crippen LogP contribution >= 0.6 is 0 Å². The minimum atomic E-state index is 0.125. The molecular weight excluding hydrogens is 214 g/mol. The van der Waals surface area contributed by atoms with E-state index >= 15 is 0 Å². The SMILES string of the molecule is CCOc1ccccc1C(CCN(C)C)NN. The van der Waals surface area contributed by atoms with Crippen molar-refractivity contribution in [2.24, 2.45) is 5.84 Å². The van der Waals surface area contributed by atoms with Crippen LogP contribution in [-0.2, 0) is 0 Å². The summed E-state index contributed by atoms with van der Waals surface area (Å²) in [4.78, 5) is 2.15. The molecule has 0 fully saturated rings. The van der Waals surface area contributed by atoms with E-state index in [0.29, 0.717) is 6.61 Å². The molecule has 0 saturated carbocycles. The van der Waals surface area contributed by atoms with Crippen LogP contribution in [0.2, 0.25) is 0 Å². The molecule has 1 rings (SSSR count). The standard InChI is InChI=1S/C13H23N3O/c1-4-17-13-8-6-5-7-11(13)12(15-14)9-10-16(2)3/h5-8,12,15H,4,9-10,14H2,1-3H3. The zero-order chi connectivity index (χ0) is 12.7. The summed E-state index contributed by atoms with van der Waals surface area (Å²) in [7, 11) is 4.12. The van der Waals surface area contributed by atoms with Gasteiger partial charge in [0.2, 0.25) is 0 Å². The smallest absolute Gasteiger partial charge is 0.124 e. The molecule has 4 nitrogen and oxygen atoms in total. The molecule has 0 bridgehead atoms. The first kappa shape index (κ1) is 14.0. The van der Waals surface area contributed by atoms with Crippen molar-refractivity contribution in [2.45, 2.75) is 19.4 Å². The van der Waals surface area contributed by atoms with Crippen molar-refractivity contribution in [3.05, 3.63) is 29.8 Å². The second-order valence-electron chi connectivity index (χ2n) is 4.28. The molecule has 0 amide bonds. The minimum absolute atomic E-state index is 0.125. The summed E-state index contributed by atoms with van der Waals surface area (Å²) in [5, 5.41) is 0. The summed E-state index contributed by atoms with van der Waals surface area (Å²) < 4.78 is 5.62. The zero-order valence-electron chi connectivity index (χ0n) is 10.9. The molecular formula is C13H23N3O. The fraction of sp³-hybridized carbons (Fsp3) is 0.538. The van der Waals surface area contributed by atoms with Gasteiger partial charge in [0.15, 0.2) is 0 Å². The number of nitrogens with two attached hydrogens (primary N) is 1. The van der Waals surface area contributed by atoms with Crippen LogP contribution in [0, 0.1) is 0 Å². The van der Waals surface area contributed by atoms with E-state index in [-0.39, 0.29) is 6.04 Å². The van der Waals surface area contributed by atoms with Gasteiger partial charge in [0.25, 0.3) is 0 Å². The van der Waals surface area contributed by atoms with Crippen molar-refractivity contribution in [1.29, 1.82) is 0 Å². The quantitative estimate of drug-likeness (QED) is 0.558. The molecule has 96 valence electrons.